The maximum absolute atomic E-state index is 12.3. The fourth-order valence-corrected chi connectivity index (χ4v) is 4.73. The number of aromatic nitrogens is 1. The van der Waals surface area contributed by atoms with E-state index in [-0.39, 0.29) is 11.8 Å². The van der Waals surface area contributed by atoms with Gasteiger partial charge in [-0.25, -0.2) is 9.78 Å². The Balaban J connectivity index is 1.42. The molecule has 0 aliphatic carbocycles. The summed E-state index contributed by atoms with van der Waals surface area (Å²) < 4.78 is 0. The summed E-state index contributed by atoms with van der Waals surface area (Å²) in [4.78, 5) is 31.0. The van der Waals surface area contributed by atoms with Crippen LogP contribution < -0.4 is 10.6 Å². The average molecular weight is 431 g/mol. The monoisotopic (exact) mass is 430 g/mol. The Bertz CT molecular complexity index is 750. The second-order valence-corrected chi connectivity index (χ2v) is 9.04. The summed E-state index contributed by atoms with van der Waals surface area (Å²) in [5, 5.41) is 15.7. The number of nitrogens with one attached hydrogen (secondary N) is 2. The Morgan fingerprint density at radius 1 is 1.32 bits per heavy atom. The lowest BCUT2D eigenvalue weighted by Gasteiger charge is -2.22. The van der Waals surface area contributed by atoms with Crippen LogP contribution in [0.15, 0.2) is 12.1 Å². The highest BCUT2D eigenvalue weighted by atomic mass is 16.4. The molecule has 172 valence electrons. The molecule has 1 fully saturated rings. The molecule has 0 spiro atoms. The van der Waals surface area contributed by atoms with Crippen molar-refractivity contribution in [3.8, 4) is 0 Å². The second-order valence-electron chi connectivity index (χ2n) is 9.04. The van der Waals surface area contributed by atoms with E-state index in [2.05, 4.69) is 27.7 Å². The van der Waals surface area contributed by atoms with Crippen LogP contribution in [0.5, 0.6) is 0 Å². The third kappa shape index (κ3) is 6.66. The van der Waals surface area contributed by atoms with E-state index in [1.165, 1.54) is 12.0 Å². The summed E-state index contributed by atoms with van der Waals surface area (Å²) >= 11 is 0. The van der Waals surface area contributed by atoms with Crippen LogP contribution in [0.3, 0.4) is 0 Å². The SMILES string of the molecule is CCC(CC)C(=O)N[C@@H](CCN1CC[C@@H](CCc2ccc3c(n2)NCCC3)C1)C(=O)O. The van der Waals surface area contributed by atoms with Crippen LogP contribution in [-0.4, -0.2) is 59.1 Å². The zero-order valence-electron chi connectivity index (χ0n) is 19.0. The predicted octanol–water partition coefficient (Wildman–Crippen LogP) is 3.09. The molecule has 31 heavy (non-hydrogen) atoms. The predicted molar refractivity (Wildman–Crippen MR) is 122 cm³/mol. The zero-order chi connectivity index (χ0) is 22.2. The standard InChI is InChI=1S/C24H38N4O3/c1-3-18(4-2)23(29)27-21(24(30)31)12-15-28-14-11-17(16-28)7-9-20-10-8-19-6-5-13-25-22(19)26-20/h8,10,17-18,21H,3-7,9,11-16H2,1-2H3,(H,25,26)(H,27,29)(H,30,31)/t17-,21+/m1/s1. The molecule has 0 radical (unpaired) electrons. The van der Waals surface area contributed by atoms with Crippen LogP contribution in [0.25, 0.3) is 0 Å². The number of aryl methyl sites for hydroxylation is 2. The number of hydrogen-bond acceptors (Lipinski definition) is 5. The molecule has 2 atom stereocenters. The number of anilines is 1. The number of rotatable bonds is 11. The van der Waals surface area contributed by atoms with Crippen molar-refractivity contribution in [2.45, 2.75) is 71.3 Å². The minimum Gasteiger partial charge on any atom is -0.480 e. The van der Waals surface area contributed by atoms with Gasteiger partial charge in [0.2, 0.25) is 5.91 Å². The zero-order valence-corrected chi connectivity index (χ0v) is 19.0. The Hall–Kier alpha value is -2.15. The Kier molecular flexibility index (Phi) is 8.69. The Morgan fingerprint density at radius 3 is 2.87 bits per heavy atom. The number of carboxylic acids is 1. The van der Waals surface area contributed by atoms with Crippen LogP contribution >= 0.6 is 0 Å². The Morgan fingerprint density at radius 2 is 2.13 bits per heavy atom. The summed E-state index contributed by atoms with van der Waals surface area (Å²) in [6, 6.07) is 3.57. The molecule has 1 amide bonds. The number of hydrogen-bond donors (Lipinski definition) is 3. The number of fused-ring (bicyclic) bond motifs is 1. The summed E-state index contributed by atoms with van der Waals surface area (Å²) in [6.07, 6.45) is 7.44. The molecule has 3 heterocycles. The van der Waals surface area contributed by atoms with Gasteiger partial charge in [-0.15, -0.1) is 0 Å². The highest BCUT2D eigenvalue weighted by molar-refractivity contribution is 5.84. The summed E-state index contributed by atoms with van der Waals surface area (Å²) in [5.74, 6) is 0.497. The number of carboxylic acid groups (broad SMARTS) is 1. The molecule has 7 heteroatoms. The van der Waals surface area contributed by atoms with Gasteiger partial charge in [-0.05, 0) is 75.5 Å². The molecule has 3 N–H and O–H groups in total. The molecule has 0 aromatic carbocycles. The van der Waals surface area contributed by atoms with Crippen molar-refractivity contribution in [2.75, 3.05) is 31.5 Å². The largest absolute Gasteiger partial charge is 0.480 e. The average Bonchev–Trinajstić information content (AvgIpc) is 3.23. The highest BCUT2D eigenvalue weighted by Crippen LogP contribution is 2.24. The quantitative estimate of drug-likeness (QED) is 0.499. The van der Waals surface area contributed by atoms with Crippen molar-refractivity contribution < 1.29 is 14.7 Å². The van der Waals surface area contributed by atoms with Gasteiger partial charge in [0.05, 0.1) is 0 Å². The van der Waals surface area contributed by atoms with Crippen molar-refractivity contribution in [3.63, 3.8) is 0 Å². The number of pyridine rings is 1. The van der Waals surface area contributed by atoms with Crippen LogP contribution in [0.1, 0.15) is 63.6 Å². The molecule has 2 aliphatic rings. The van der Waals surface area contributed by atoms with Gasteiger partial charge in [-0.1, -0.05) is 19.9 Å². The van der Waals surface area contributed by atoms with Crippen molar-refractivity contribution >= 4 is 17.7 Å². The number of carbonyl (C=O) groups is 2. The van der Waals surface area contributed by atoms with E-state index in [0.717, 1.165) is 69.7 Å². The summed E-state index contributed by atoms with van der Waals surface area (Å²) in [6.45, 7) is 7.63. The molecule has 2 aliphatic heterocycles. The van der Waals surface area contributed by atoms with Gasteiger partial charge >= 0.3 is 5.97 Å². The molecule has 0 saturated carbocycles. The highest BCUT2D eigenvalue weighted by Gasteiger charge is 2.27. The first-order chi connectivity index (χ1) is 15.0. The lowest BCUT2D eigenvalue weighted by molar-refractivity contribution is -0.142. The van der Waals surface area contributed by atoms with Gasteiger partial charge in [0, 0.05) is 31.2 Å². The molecule has 7 nitrogen and oxygen atoms in total. The van der Waals surface area contributed by atoms with Crippen molar-refractivity contribution in [1.29, 1.82) is 0 Å². The van der Waals surface area contributed by atoms with Crippen molar-refractivity contribution in [3.05, 3.63) is 23.4 Å². The molecule has 3 rings (SSSR count). The fraction of sp³-hybridized carbons (Fsp3) is 0.708. The van der Waals surface area contributed by atoms with Crippen LogP contribution in [0, 0.1) is 11.8 Å². The number of nitrogens with zero attached hydrogens (tertiary/aromatic N) is 2. The number of aliphatic carboxylic acids is 1. The minimum atomic E-state index is -0.942. The smallest absolute Gasteiger partial charge is 0.326 e. The lowest BCUT2D eigenvalue weighted by Crippen LogP contribution is -2.45. The molecule has 1 saturated heterocycles. The van der Waals surface area contributed by atoms with Gasteiger partial charge in [0.1, 0.15) is 11.9 Å². The second kappa shape index (κ2) is 11.5. The summed E-state index contributed by atoms with van der Waals surface area (Å²) in [5.41, 5.74) is 2.48. The minimum absolute atomic E-state index is 0.106. The van der Waals surface area contributed by atoms with Crippen molar-refractivity contribution in [1.82, 2.24) is 15.2 Å². The first kappa shape index (κ1) is 23.5. The van der Waals surface area contributed by atoms with E-state index in [9.17, 15) is 14.7 Å². The first-order valence-corrected chi connectivity index (χ1v) is 12.0. The third-order valence-electron chi connectivity index (χ3n) is 6.84. The van der Waals surface area contributed by atoms with Crippen LogP contribution in [0.2, 0.25) is 0 Å². The number of carbonyl (C=O) groups excluding carboxylic acids is 1. The number of likely N-dealkylation sites (tertiary alicyclic amines) is 1. The Labute approximate surface area is 186 Å². The van der Waals surface area contributed by atoms with Crippen LogP contribution in [0.4, 0.5) is 5.82 Å². The molecule has 0 bridgehead atoms. The van der Waals surface area contributed by atoms with Gasteiger partial charge in [0.25, 0.3) is 0 Å². The molecule has 1 aromatic rings. The summed E-state index contributed by atoms with van der Waals surface area (Å²) in [7, 11) is 0. The van der Waals surface area contributed by atoms with E-state index in [0.29, 0.717) is 18.9 Å². The maximum atomic E-state index is 12.3. The van der Waals surface area contributed by atoms with E-state index in [4.69, 9.17) is 4.98 Å². The van der Waals surface area contributed by atoms with Crippen molar-refractivity contribution in [2.24, 2.45) is 11.8 Å². The molecule has 0 unspecified atom stereocenters. The van der Waals surface area contributed by atoms with E-state index in [1.54, 1.807) is 0 Å². The van der Waals surface area contributed by atoms with Gasteiger partial charge in [-0.2, -0.15) is 0 Å². The van der Waals surface area contributed by atoms with Gasteiger partial charge < -0.3 is 20.6 Å². The van der Waals surface area contributed by atoms with Crippen LogP contribution in [-0.2, 0) is 22.4 Å². The third-order valence-corrected chi connectivity index (χ3v) is 6.84. The van der Waals surface area contributed by atoms with E-state index < -0.39 is 12.0 Å². The maximum Gasteiger partial charge on any atom is 0.326 e. The van der Waals surface area contributed by atoms with E-state index >= 15 is 0 Å². The lowest BCUT2D eigenvalue weighted by atomic mass is 10.00. The molecular weight excluding hydrogens is 392 g/mol. The number of amides is 1. The first-order valence-electron chi connectivity index (χ1n) is 12.0. The van der Waals surface area contributed by atoms with Gasteiger partial charge in [0.15, 0.2) is 0 Å². The fourth-order valence-electron chi connectivity index (χ4n) is 4.73. The van der Waals surface area contributed by atoms with E-state index in [1.807, 2.05) is 13.8 Å². The normalized spacial score (nSPS) is 19.6. The molecule has 1 aromatic heterocycles. The molecular formula is C24H38N4O3. The topological polar surface area (TPSA) is 94.6 Å². The van der Waals surface area contributed by atoms with Gasteiger partial charge in [-0.3, -0.25) is 4.79 Å².